The number of fused-ring (bicyclic) bond motifs is 3. The summed E-state index contributed by atoms with van der Waals surface area (Å²) in [4.78, 5) is 0. The van der Waals surface area contributed by atoms with E-state index in [1.54, 1.807) is 0 Å². The minimum atomic E-state index is -2.45. The lowest BCUT2D eigenvalue weighted by Gasteiger charge is -2.31. The van der Waals surface area contributed by atoms with Crippen LogP contribution in [0.15, 0.2) is 127 Å². The van der Waals surface area contributed by atoms with Crippen LogP contribution in [0.5, 0.6) is 0 Å². The summed E-state index contributed by atoms with van der Waals surface area (Å²) >= 11 is 0. The van der Waals surface area contributed by atoms with Gasteiger partial charge in [0.1, 0.15) is 0 Å². The van der Waals surface area contributed by atoms with Crippen molar-refractivity contribution in [3.8, 4) is 11.1 Å². The van der Waals surface area contributed by atoms with E-state index in [9.17, 15) is 0 Å². The third-order valence-corrected chi connectivity index (χ3v) is 12.4. The smallest absolute Gasteiger partial charge is 0.180 e. The van der Waals surface area contributed by atoms with Gasteiger partial charge in [0.15, 0.2) is 8.07 Å². The molecule has 2 heteroatoms. The zero-order valence-corrected chi connectivity index (χ0v) is 22.1. The normalized spacial score (nSPS) is 13.6. The Morgan fingerprint density at radius 3 is 1.69 bits per heavy atom. The Morgan fingerprint density at radius 1 is 0.528 bits per heavy atom. The molecule has 0 aliphatic carbocycles. The van der Waals surface area contributed by atoms with Gasteiger partial charge in [-0.3, -0.25) is 0 Å². The Bertz CT molecular complexity index is 1470. The zero-order valence-electron chi connectivity index (χ0n) is 21.1. The number of rotatable bonds is 4. The number of nitrogens with one attached hydrogen (secondary N) is 1. The van der Waals surface area contributed by atoms with E-state index in [-0.39, 0.29) is 5.41 Å². The van der Waals surface area contributed by atoms with E-state index in [0.29, 0.717) is 0 Å². The topological polar surface area (TPSA) is 12.0 Å². The van der Waals surface area contributed by atoms with Crippen molar-refractivity contribution in [1.29, 1.82) is 0 Å². The number of hydrogen-bond donors (Lipinski definition) is 1. The van der Waals surface area contributed by atoms with Crippen molar-refractivity contribution < 1.29 is 0 Å². The molecule has 36 heavy (non-hydrogen) atoms. The fourth-order valence-corrected chi connectivity index (χ4v) is 11.0. The van der Waals surface area contributed by atoms with Gasteiger partial charge >= 0.3 is 0 Å². The second kappa shape index (κ2) is 8.65. The summed E-state index contributed by atoms with van der Waals surface area (Å²) in [5.41, 5.74) is 6.46. The number of anilines is 2. The highest BCUT2D eigenvalue weighted by molar-refractivity contribution is 7.22. The summed E-state index contributed by atoms with van der Waals surface area (Å²) in [6.45, 7) is 6.77. The molecular weight excluding hydrogens is 450 g/mol. The minimum absolute atomic E-state index is 0.141. The lowest BCUT2D eigenvalue weighted by Crippen LogP contribution is -2.72. The molecule has 5 aromatic rings. The van der Waals surface area contributed by atoms with E-state index >= 15 is 0 Å². The van der Waals surface area contributed by atoms with Gasteiger partial charge in [-0.15, -0.1) is 0 Å². The lowest BCUT2D eigenvalue weighted by molar-refractivity contribution is 0.590. The standard InChI is InChI=1S/C34H31NSi/c1-34(2,3)25-21-23-26(24-22-25)35-30-18-12-20-32-33(30)29-17-10-11-19-31(29)36(32,27-13-6-4-7-14-27)28-15-8-5-9-16-28/h4-24,35H,1-3H3. The van der Waals surface area contributed by atoms with Crippen molar-refractivity contribution in [1.82, 2.24) is 0 Å². The van der Waals surface area contributed by atoms with Gasteiger partial charge in [0.2, 0.25) is 0 Å². The number of benzene rings is 5. The molecule has 5 aromatic carbocycles. The van der Waals surface area contributed by atoms with Crippen LogP contribution in [0, 0.1) is 0 Å². The number of hydrogen-bond acceptors (Lipinski definition) is 1. The second-order valence-corrected chi connectivity index (χ2v) is 14.4. The maximum Gasteiger partial charge on any atom is 0.180 e. The van der Waals surface area contributed by atoms with Gasteiger partial charge in [0.25, 0.3) is 0 Å². The molecule has 1 nitrogen and oxygen atoms in total. The highest BCUT2D eigenvalue weighted by atomic mass is 28.3. The highest BCUT2D eigenvalue weighted by Gasteiger charge is 2.49. The quantitative estimate of drug-likeness (QED) is 0.301. The monoisotopic (exact) mass is 481 g/mol. The lowest BCUT2D eigenvalue weighted by atomic mass is 9.87. The van der Waals surface area contributed by atoms with Crippen molar-refractivity contribution in [2.75, 3.05) is 5.32 Å². The summed E-state index contributed by atoms with van der Waals surface area (Å²) in [5.74, 6) is 0. The third-order valence-electron chi connectivity index (χ3n) is 7.51. The highest BCUT2D eigenvalue weighted by Crippen LogP contribution is 2.36. The molecule has 1 aliphatic rings. The van der Waals surface area contributed by atoms with Crippen molar-refractivity contribution in [2.45, 2.75) is 26.2 Å². The molecular formula is C34H31NSi. The van der Waals surface area contributed by atoms with Gasteiger partial charge in [0.05, 0.1) is 0 Å². The molecule has 0 amide bonds. The molecule has 0 unspecified atom stereocenters. The average molecular weight is 482 g/mol. The molecule has 0 saturated carbocycles. The zero-order chi connectivity index (χ0) is 24.8. The maximum absolute atomic E-state index is 3.79. The molecule has 1 aliphatic heterocycles. The van der Waals surface area contributed by atoms with Crippen LogP contribution < -0.4 is 26.1 Å². The summed E-state index contributed by atoms with van der Waals surface area (Å²) in [6.07, 6.45) is 0. The minimum Gasteiger partial charge on any atom is -0.355 e. The van der Waals surface area contributed by atoms with Crippen LogP contribution in [0.3, 0.4) is 0 Å². The first kappa shape index (κ1) is 22.6. The maximum atomic E-state index is 3.79. The SMILES string of the molecule is CC(C)(C)c1ccc(Nc2cccc3c2-c2ccccc2[Si]3(c2ccccc2)c2ccccc2)cc1. The first-order valence-corrected chi connectivity index (χ1v) is 14.7. The molecule has 1 heterocycles. The Hall–Kier alpha value is -3.88. The van der Waals surface area contributed by atoms with Crippen LogP contribution >= 0.6 is 0 Å². The molecule has 0 bridgehead atoms. The van der Waals surface area contributed by atoms with Crippen molar-refractivity contribution in [3.63, 3.8) is 0 Å². The molecule has 6 rings (SSSR count). The molecule has 0 fully saturated rings. The largest absolute Gasteiger partial charge is 0.355 e. The van der Waals surface area contributed by atoms with Gasteiger partial charge < -0.3 is 5.32 Å². The van der Waals surface area contributed by atoms with Crippen LogP contribution in [-0.4, -0.2) is 8.07 Å². The fraction of sp³-hybridized carbons (Fsp3) is 0.118. The molecule has 0 radical (unpaired) electrons. The second-order valence-electron chi connectivity index (χ2n) is 10.7. The fourth-order valence-electron chi connectivity index (χ4n) is 5.81. The van der Waals surface area contributed by atoms with Crippen LogP contribution in [-0.2, 0) is 5.41 Å². The van der Waals surface area contributed by atoms with E-state index in [4.69, 9.17) is 0 Å². The van der Waals surface area contributed by atoms with Crippen LogP contribution in [0.25, 0.3) is 11.1 Å². The predicted molar refractivity (Wildman–Crippen MR) is 157 cm³/mol. The van der Waals surface area contributed by atoms with Crippen molar-refractivity contribution in [2.24, 2.45) is 0 Å². The predicted octanol–water partition coefficient (Wildman–Crippen LogP) is 6.09. The van der Waals surface area contributed by atoms with Crippen LogP contribution in [0.2, 0.25) is 0 Å². The molecule has 176 valence electrons. The van der Waals surface area contributed by atoms with E-state index < -0.39 is 8.07 Å². The molecule has 0 saturated heterocycles. The molecule has 1 N–H and O–H groups in total. The van der Waals surface area contributed by atoms with Gasteiger partial charge in [-0.25, -0.2) is 0 Å². The van der Waals surface area contributed by atoms with Crippen LogP contribution in [0.4, 0.5) is 11.4 Å². The summed E-state index contributed by atoms with van der Waals surface area (Å²) in [7, 11) is -2.45. The first-order valence-electron chi connectivity index (χ1n) is 12.7. The average Bonchev–Trinajstić information content (AvgIpc) is 3.22. The van der Waals surface area contributed by atoms with Crippen molar-refractivity contribution in [3.05, 3.63) is 133 Å². The molecule has 0 spiro atoms. The van der Waals surface area contributed by atoms with E-state index in [1.807, 2.05) is 0 Å². The van der Waals surface area contributed by atoms with E-state index in [0.717, 1.165) is 5.69 Å². The first-order chi connectivity index (χ1) is 17.5. The Morgan fingerprint density at radius 2 is 1.08 bits per heavy atom. The Balaban J connectivity index is 1.58. The molecule has 0 atom stereocenters. The van der Waals surface area contributed by atoms with Crippen LogP contribution in [0.1, 0.15) is 26.3 Å². The summed E-state index contributed by atoms with van der Waals surface area (Å²) in [6, 6.07) is 47.1. The Labute approximate surface area is 215 Å². The van der Waals surface area contributed by atoms with Crippen molar-refractivity contribution >= 4 is 40.2 Å². The summed E-state index contributed by atoms with van der Waals surface area (Å²) < 4.78 is 0. The third kappa shape index (κ3) is 3.52. The Kier molecular flexibility index (Phi) is 5.42. The van der Waals surface area contributed by atoms with Gasteiger partial charge in [-0.2, -0.15) is 0 Å². The molecule has 0 aromatic heterocycles. The van der Waals surface area contributed by atoms with E-state index in [1.165, 1.54) is 43.1 Å². The van der Waals surface area contributed by atoms with Gasteiger partial charge in [-0.05, 0) is 55.5 Å². The summed E-state index contributed by atoms with van der Waals surface area (Å²) in [5, 5.41) is 9.56. The van der Waals surface area contributed by atoms with Gasteiger partial charge in [0, 0.05) is 16.9 Å². The van der Waals surface area contributed by atoms with E-state index in [2.05, 4.69) is 153 Å². The van der Waals surface area contributed by atoms with Gasteiger partial charge in [-0.1, -0.05) is 130 Å².